The molecule has 2 aromatic carbocycles. The molecule has 3 rings (SSSR count). The molecule has 3 nitrogen and oxygen atoms in total. The summed E-state index contributed by atoms with van der Waals surface area (Å²) in [5.41, 5.74) is 3.46. The Morgan fingerprint density at radius 3 is 2.52 bits per heavy atom. The van der Waals surface area contributed by atoms with Crippen molar-refractivity contribution >= 4 is 17.4 Å². The van der Waals surface area contributed by atoms with Crippen molar-refractivity contribution in [1.82, 2.24) is 0 Å². The zero-order chi connectivity index (χ0) is 15.0. The van der Waals surface area contributed by atoms with Gasteiger partial charge in [-0.2, -0.15) is 0 Å². The summed E-state index contributed by atoms with van der Waals surface area (Å²) in [4.78, 5) is 26.5. The van der Waals surface area contributed by atoms with E-state index in [1.807, 2.05) is 55.5 Å². The summed E-state index contributed by atoms with van der Waals surface area (Å²) in [6.07, 6.45) is 0.274. The van der Waals surface area contributed by atoms with Crippen LogP contribution in [0, 0.1) is 6.92 Å². The Morgan fingerprint density at radius 2 is 1.81 bits per heavy atom. The molecule has 0 aromatic heterocycles. The molecule has 0 bridgehead atoms. The van der Waals surface area contributed by atoms with Crippen molar-refractivity contribution in [2.24, 2.45) is 0 Å². The first-order valence-corrected chi connectivity index (χ1v) is 7.05. The van der Waals surface area contributed by atoms with Crippen LogP contribution in [0.1, 0.15) is 33.8 Å². The van der Waals surface area contributed by atoms with E-state index in [2.05, 4.69) is 0 Å². The normalized spacial score (nSPS) is 16.7. The quantitative estimate of drug-likeness (QED) is 0.845. The molecular weight excluding hydrogens is 262 g/mol. The number of anilines is 1. The van der Waals surface area contributed by atoms with Crippen LogP contribution >= 0.6 is 0 Å². The molecule has 106 valence electrons. The van der Waals surface area contributed by atoms with Gasteiger partial charge in [-0.3, -0.25) is 9.59 Å². The van der Waals surface area contributed by atoms with Crippen LogP contribution in [0.15, 0.2) is 48.5 Å². The Hall–Kier alpha value is -2.42. The zero-order valence-electron chi connectivity index (χ0n) is 12.2. The standard InChI is InChI=1S/C18H17NO2/c1-12-7-6-10-14-16(20)11-15(17(12)14)18(21)19(2)13-8-4-3-5-9-13/h3-10,15H,11H2,1-2H3. The molecule has 1 aliphatic rings. The fourth-order valence-corrected chi connectivity index (χ4v) is 3.01. The molecule has 0 fully saturated rings. The number of amides is 1. The van der Waals surface area contributed by atoms with Crippen molar-refractivity contribution in [1.29, 1.82) is 0 Å². The van der Waals surface area contributed by atoms with Gasteiger partial charge in [-0.25, -0.2) is 0 Å². The molecule has 0 heterocycles. The zero-order valence-corrected chi connectivity index (χ0v) is 12.2. The predicted molar refractivity (Wildman–Crippen MR) is 82.7 cm³/mol. The molecule has 0 N–H and O–H groups in total. The first-order valence-electron chi connectivity index (χ1n) is 7.05. The number of ketones is 1. The maximum atomic E-state index is 12.8. The lowest BCUT2D eigenvalue weighted by atomic mass is 9.95. The molecule has 0 saturated carbocycles. The van der Waals surface area contributed by atoms with Crippen molar-refractivity contribution in [2.75, 3.05) is 11.9 Å². The van der Waals surface area contributed by atoms with E-state index < -0.39 is 0 Å². The van der Waals surface area contributed by atoms with Crippen LogP contribution in [-0.4, -0.2) is 18.7 Å². The average molecular weight is 279 g/mol. The first-order chi connectivity index (χ1) is 10.1. The number of aryl methyl sites for hydroxylation is 1. The van der Waals surface area contributed by atoms with E-state index in [0.29, 0.717) is 5.56 Å². The van der Waals surface area contributed by atoms with Crippen molar-refractivity contribution in [3.63, 3.8) is 0 Å². The largest absolute Gasteiger partial charge is 0.315 e. The number of hydrogen-bond acceptors (Lipinski definition) is 2. The fraction of sp³-hybridized carbons (Fsp3) is 0.222. The molecular formula is C18H17NO2. The van der Waals surface area contributed by atoms with Gasteiger partial charge < -0.3 is 4.90 Å². The average Bonchev–Trinajstić information content (AvgIpc) is 2.85. The summed E-state index contributed by atoms with van der Waals surface area (Å²) in [6, 6.07) is 15.2. The molecule has 1 unspecified atom stereocenters. The third-order valence-corrected chi connectivity index (χ3v) is 4.13. The van der Waals surface area contributed by atoms with E-state index in [4.69, 9.17) is 0 Å². The number of fused-ring (bicyclic) bond motifs is 1. The highest BCUT2D eigenvalue weighted by Gasteiger charge is 2.36. The molecule has 1 atom stereocenters. The summed E-state index contributed by atoms with van der Waals surface area (Å²) in [5, 5.41) is 0. The Morgan fingerprint density at radius 1 is 1.10 bits per heavy atom. The van der Waals surface area contributed by atoms with Gasteiger partial charge in [0, 0.05) is 24.7 Å². The van der Waals surface area contributed by atoms with Crippen LogP contribution in [0.4, 0.5) is 5.69 Å². The fourth-order valence-electron chi connectivity index (χ4n) is 3.01. The van der Waals surface area contributed by atoms with E-state index in [0.717, 1.165) is 16.8 Å². The number of carbonyl (C=O) groups excluding carboxylic acids is 2. The van der Waals surface area contributed by atoms with Gasteiger partial charge in [-0.05, 0) is 30.2 Å². The number of nitrogens with zero attached hydrogens (tertiary/aromatic N) is 1. The minimum absolute atomic E-state index is 0.0254. The van der Waals surface area contributed by atoms with Gasteiger partial charge in [0.1, 0.15) is 0 Å². The number of Topliss-reactive ketones (excluding diaryl/α,β-unsaturated/α-hetero) is 1. The highest BCUT2D eigenvalue weighted by atomic mass is 16.2. The van der Waals surface area contributed by atoms with Gasteiger partial charge in [0.2, 0.25) is 5.91 Å². The molecule has 1 aliphatic carbocycles. The van der Waals surface area contributed by atoms with Crippen LogP contribution in [0.3, 0.4) is 0 Å². The summed E-state index contributed by atoms with van der Waals surface area (Å²) >= 11 is 0. The third kappa shape index (κ3) is 2.25. The van der Waals surface area contributed by atoms with Gasteiger partial charge in [-0.15, -0.1) is 0 Å². The van der Waals surface area contributed by atoms with E-state index in [1.54, 1.807) is 11.9 Å². The van der Waals surface area contributed by atoms with E-state index in [9.17, 15) is 9.59 Å². The number of carbonyl (C=O) groups is 2. The second-order valence-electron chi connectivity index (χ2n) is 5.45. The highest BCUT2D eigenvalue weighted by Crippen LogP contribution is 2.37. The second kappa shape index (κ2) is 5.17. The van der Waals surface area contributed by atoms with Crippen LogP contribution in [-0.2, 0) is 4.79 Å². The Balaban J connectivity index is 1.96. The van der Waals surface area contributed by atoms with Crippen molar-refractivity contribution in [3.8, 4) is 0 Å². The molecule has 0 radical (unpaired) electrons. The van der Waals surface area contributed by atoms with Crippen molar-refractivity contribution in [3.05, 3.63) is 65.2 Å². The van der Waals surface area contributed by atoms with Crippen LogP contribution in [0.2, 0.25) is 0 Å². The van der Waals surface area contributed by atoms with Gasteiger partial charge in [0.05, 0.1) is 5.92 Å². The van der Waals surface area contributed by atoms with E-state index in [-0.39, 0.29) is 24.0 Å². The number of rotatable bonds is 2. The van der Waals surface area contributed by atoms with Gasteiger partial charge >= 0.3 is 0 Å². The Labute approximate surface area is 124 Å². The number of likely N-dealkylation sites (N-methyl/N-ethyl adjacent to an activating group) is 1. The SMILES string of the molecule is Cc1cccc2c1C(C(=O)N(C)c1ccccc1)CC2=O. The first kappa shape index (κ1) is 13.6. The predicted octanol–water partition coefficient (Wildman–Crippen LogP) is 3.33. The number of para-hydroxylation sites is 1. The van der Waals surface area contributed by atoms with Crippen LogP contribution < -0.4 is 4.90 Å². The lowest BCUT2D eigenvalue weighted by Crippen LogP contribution is -2.31. The van der Waals surface area contributed by atoms with E-state index in [1.165, 1.54) is 0 Å². The van der Waals surface area contributed by atoms with Gasteiger partial charge in [0.25, 0.3) is 0 Å². The van der Waals surface area contributed by atoms with Gasteiger partial charge in [0.15, 0.2) is 5.78 Å². The van der Waals surface area contributed by atoms with Crippen LogP contribution in [0.25, 0.3) is 0 Å². The minimum Gasteiger partial charge on any atom is -0.315 e. The maximum absolute atomic E-state index is 12.8. The third-order valence-electron chi connectivity index (χ3n) is 4.13. The van der Waals surface area contributed by atoms with Crippen molar-refractivity contribution < 1.29 is 9.59 Å². The monoisotopic (exact) mass is 279 g/mol. The molecule has 0 aliphatic heterocycles. The lowest BCUT2D eigenvalue weighted by molar-refractivity contribution is -0.119. The maximum Gasteiger partial charge on any atom is 0.234 e. The topological polar surface area (TPSA) is 37.4 Å². The molecule has 3 heteroatoms. The summed E-state index contributed by atoms with van der Waals surface area (Å²) in [7, 11) is 1.76. The Kier molecular flexibility index (Phi) is 3.34. The number of hydrogen-bond donors (Lipinski definition) is 0. The number of benzene rings is 2. The van der Waals surface area contributed by atoms with E-state index >= 15 is 0 Å². The Bertz CT molecular complexity index is 706. The smallest absolute Gasteiger partial charge is 0.234 e. The lowest BCUT2D eigenvalue weighted by Gasteiger charge is -2.22. The van der Waals surface area contributed by atoms with Gasteiger partial charge in [-0.1, -0.05) is 36.4 Å². The van der Waals surface area contributed by atoms with Crippen LogP contribution in [0.5, 0.6) is 0 Å². The molecule has 2 aromatic rings. The van der Waals surface area contributed by atoms with Crippen molar-refractivity contribution in [2.45, 2.75) is 19.3 Å². The summed E-state index contributed by atoms with van der Waals surface area (Å²) in [5.74, 6) is -0.324. The minimum atomic E-state index is -0.362. The molecule has 0 spiro atoms. The molecule has 1 amide bonds. The summed E-state index contributed by atoms with van der Waals surface area (Å²) < 4.78 is 0. The second-order valence-corrected chi connectivity index (χ2v) is 5.45. The highest BCUT2D eigenvalue weighted by molar-refractivity contribution is 6.10. The summed E-state index contributed by atoms with van der Waals surface area (Å²) in [6.45, 7) is 1.96. The molecule has 21 heavy (non-hydrogen) atoms. The molecule has 0 saturated heterocycles.